The lowest BCUT2D eigenvalue weighted by molar-refractivity contribution is 0.0377. The molecule has 4 nitrogen and oxygen atoms in total. The average molecular weight is 320 g/mol. The number of aliphatic hydroxyl groups excluding tert-OH is 1. The number of piperidine rings is 1. The number of aromatic nitrogens is 1. The second kappa shape index (κ2) is 6.52. The van der Waals surface area contributed by atoms with E-state index in [0.29, 0.717) is 6.61 Å². The fraction of sp³-hybridized carbons (Fsp3) is 0.588. The van der Waals surface area contributed by atoms with Gasteiger partial charge >= 0.3 is 0 Å². The van der Waals surface area contributed by atoms with Crippen molar-refractivity contribution in [2.75, 3.05) is 19.7 Å². The second-order valence-corrected chi connectivity index (χ2v) is 7.10. The van der Waals surface area contributed by atoms with Crippen LogP contribution < -0.4 is 0 Å². The molecule has 22 heavy (non-hydrogen) atoms. The molecule has 0 aliphatic carbocycles. The molecule has 1 N–H and O–H groups in total. The monoisotopic (exact) mass is 320 g/mol. The topological polar surface area (TPSA) is 49.5 Å². The van der Waals surface area contributed by atoms with Gasteiger partial charge in [0.15, 0.2) is 0 Å². The lowest BCUT2D eigenvalue weighted by Crippen LogP contribution is -2.41. The normalized spacial score (nSPS) is 18.7. The van der Waals surface area contributed by atoms with Crippen molar-refractivity contribution >= 4 is 11.3 Å². The molecule has 5 heteroatoms. The number of hydrogen-bond acceptors (Lipinski definition) is 5. The maximum atomic E-state index is 9.63. The van der Waals surface area contributed by atoms with Crippen molar-refractivity contribution < 1.29 is 9.52 Å². The molecule has 2 aromatic rings. The Morgan fingerprint density at radius 1 is 1.41 bits per heavy atom. The Labute approximate surface area is 135 Å². The van der Waals surface area contributed by atoms with Gasteiger partial charge in [0.05, 0.1) is 5.69 Å². The molecule has 0 aromatic carbocycles. The first-order valence-corrected chi connectivity index (χ1v) is 8.92. The van der Waals surface area contributed by atoms with Crippen molar-refractivity contribution in [3.05, 3.63) is 28.3 Å². The maximum absolute atomic E-state index is 9.63. The number of rotatable bonds is 5. The van der Waals surface area contributed by atoms with E-state index >= 15 is 0 Å². The molecule has 0 amide bonds. The van der Waals surface area contributed by atoms with Crippen LogP contribution in [0.1, 0.15) is 37.6 Å². The molecule has 2 aromatic heterocycles. The van der Waals surface area contributed by atoms with Crippen molar-refractivity contribution in [1.29, 1.82) is 0 Å². The minimum absolute atomic E-state index is 0.136. The molecule has 3 heterocycles. The van der Waals surface area contributed by atoms with E-state index in [1.807, 2.05) is 18.4 Å². The highest BCUT2D eigenvalue weighted by atomic mass is 32.1. The van der Waals surface area contributed by atoms with Gasteiger partial charge in [-0.15, -0.1) is 0 Å². The van der Waals surface area contributed by atoms with Gasteiger partial charge in [-0.05, 0) is 56.1 Å². The molecule has 0 spiro atoms. The Balaban J connectivity index is 1.65. The number of thiophene rings is 1. The summed E-state index contributed by atoms with van der Waals surface area (Å²) in [6.45, 7) is 7.36. The number of nitrogens with zero attached hydrogens (tertiary/aromatic N) is 2. The van der Waals surface area contributed by atoms with Crippen molar-refractivity contribution in [2.24, 2.45) is 5.41 Å². The average Bonchev–Trinajstić information content (AvgIpc) is 3.19. The number of oxazole rings is 1. The van der Waals surface area contributed by atoms with Crippen LogP contribution in [0.25, 0.3) is 11.5 Å². The SMILES string of the molecule is CCC1(CO)CCN(Cc2nc(-c3ccsc3)oc2C)CC1. The molecule has 0 saturated carbocycles. The first kappa shape index (κ1) is 15.7. The van der Waals surface area contributed by atoms with Gasteiger partial charge in [-0.1, -0.05) is 6.92 Å². The Morgan fingerprint density at radius 3 is 2.77 bits per heavy atom. The van der Waals surface area contributed by atoms with Gasteiger partial charge in [0.2, 0.25) is 5.89 Å². The van der Waals surface area contributed by atoms with Gasteiger partial charge in [0, 0.05) is 24.1 Å². The predicted molar refractivity (Wildman–Crippen MR) is 88.9 cm³/mol. The molecule has 0 radical (unpaired) electrons. The molecule has 1 aliphatic rings. The smallest absolute Gasteiger partial charge is 0.227 e. The van der Waals surface area contributed by atoms with E-state index in [2.05, 4.69) is 22.2 Å². The van der Waals surface area contributed by atoms with Gasteiger partial charge in [-0.25, -0.2) is 4.98 Å². The van der Waals surface area contributed by atoms with Crippen LogP contribution in [-0.2, 0) is 6.54 Å². The van der Waals surface area contributed by atoms with E-state index < -0.39 is 0 Å². The summed E-state index contributed by atoms with van der Waals surface area (Å²) in [4.78, 5) is 7.09. The molecule has 1 aliphatic heterocycles. The van der Waals surface area contributed by atoms with Crippen LogP contribution >= 0.6 is 11.3 Å². The van der Waals surface area contributed by atoms with Gasteiger partial charge < -0.3 is 9.52 Å². The van der Waals surface area contributed by atoms with E-state index in [1.165, 1.54) is 0 Å². The third-order valence-corrected chi connectivity index (χ3v) is 5.72. The van der Waals surface area contributed by atoms with Gasteiger partial charge in [-0.2, -0.15) is 11.3 Å². The largest absolute Gasteiger partial charge is 0.441 e. The summed E-state index contributed by atoms with van der Waals surface area (Å²) >= 11 is 1.66. The number of aryl methyl sites for hydroxylation is 1. The maximum Gasteiger partial charge on any atom is 0.227 e. The molecule has 120 valence electrons. The van der Waals surface area contributed by atoms with E-state index in [4.69, 9.17) is 4.42 Å². The molecule has 1 fully saturated rings. The Bertz CT molecular complexity index is 592. The zero-order valence-electron chi connectivity index (χ0n) is 13.3. The van der Waals surface area contributed by atoms with Crippen LogP contribution in [0, 0.1) is 12.3 Å². The third-order valence-electron chi connectivity index (χ3n) is 5.04. The standard InChI is InChI=1S/C17H24N2O2S/c1-3-17(12-20)5-7-19(8-6-17)10-15-13(2)21-16(18-15)14-4-9-22-11-14/h4,9,11,20H,3,5-8,10,12H2,1-2H3. The van der Waals surface area contributed by atoms with Crippen LogP contribution in [0.15, 0.2) is 21.2 Å². The predicted octanol–water partition coefficient (Wildman–Crippen LogP) is 3.70. The minimum Gasteiger partial charge on any atom is -0.441 e. The first-order chi connectivity index (χ1) is 10.7. The quantitative estimate of drug-likeness (QED) is 0.912. The highest BCUT2D eigenvalue weighted by Crippen LogP contribution is 2.35. The van der Waals surface area contributed by atoms with Crippen molar-refractivity contribution in [2.45, 2.75) is 39.7 Å². The van der Waals surface area contributed by atoms with E-state index in [0.717, 1.165) is 61.8 Å². The summed E-state index contributed by atoms with van der Waals surface area (Å²) in [5.41, 5.74) is 2.23. The van der Waals surface area contributed by atoms with E-state index in [1.54, 1.807) is 11.3 Å². The molecular weight excluding hydrogens is 296 g/mol. The fourth-order valence-electron chi connectivity index (χ4n) is 3.11. The summed E-state index contributed by atoms with van der Waals surface area (Å²) in [7, 11) is 0. The van der Waals surface area contributed by atoms with Crippen LogP contribution in [0.4, 0.5) is 0 Å². The highest BCUT2D eigenvalue weighted by molar-refractivity contribution is 7.08. The zero-order chi connectivity index (χ0) is 15.6. The van der Waals surface area contributed by atoms with Crippen LogP contribution in [0.3, 0.4) is 0 Å². The lowest BCUT2D eigenvalue weighted by atomic mass is 9.77. The molecule has 3 rings (SSSR count). The summed E-state index contributed by atoms with van der Waals surface area (Å²) in [6, 6.07) is 2.04. The highest BCUT2D eigenvalue weighted by Gasteiger charge is 2.32. The number of hydrogen-bond donors (Lipinski definition) is 1. The summed E-state index contributed by atoms with van der Waals surface area (Å²) in [6.07, 6.45) is 3.19. The van der Waals surface area contributed by atoms with Gasteiger partial charge in [-0.3, -0.25) is 4.90 Å². The van der Waals surface area contributed by atoms with Crippen LogP contribution in [0.2, 0.25) is 0 Å². The summed E-state index contributed by atoms with van der Waals surface area (Å²) in [5.74, 6) is 1.64. The first-order valence-electron chi connectivity index (χ1n) is 7.98. The van der Waals surface area contributed by atoms with Crippen LogP contribution in [0.5, 0.6) is 0 Å². The third kappa shape index (κ3) is 3.12. The van der Waals surface area contributed by atoms with Crippen molar-refractivity contribution in [1.82, 2.24) is 9.88 Å². The Hall–Kier alpha value is -1.17. The number of likely N-dealkylation sites (tertiary alicyclic amines) is 1. The van der Waals surface area contributed by atoms with E-state index in [-0.39, 0.29) is 5.41 Å². The van der Waals surface area contributed by atoms with Crippen molar-refractivity contribution in [3.8, 4) is 11.5 Å². The summed E-state index contributed by atoms with van der Waals surface area (Å²) in [5, 5.41) is 13.7. The fourth-order valence-corrected chi connectivity index (χ4v) is 3.73. The van der Waals surface area contributed by atoms with Crippen LogP contribution in [-0.4, -0.2) is 34.7 Å². The molecule has 1 saturated heterocycles. The minimum atomic E-state index is 0.136. The molecular formula is C17H24N2O2S. The zero-order valence-corrected chi connectivity index (χ0v) is 14.2. The lowest BCUT2D eigenvalue weighted by Gasteiger charge is -2.40. The van der Waals surface area contributed by atoms with E-state index in [9.17, 15) is 5.11 Å². The van der Waals surface area contributed by atoms with Crippen molar-refractivity contribution in [3.63, 3.8) is 0 Å². The molecule has 0 unspecified atom stereocenters. The summed E-state index contributed by atoms with van der Waals surface area (Å²) < 4.78 is 5.81. The van der Waals surface area contributed by atoms with Gasteiger partial charge in [0.1, 0.15) is 5.76 Å². The molecule has 0 atom stereocenters. The molecule has 0 bridgehead atoms. The Kier molecular flexibility index (Phi) is 4.66. The second-order valence-electron chi connectivity index (χ2n) is 6.32. The Morgan fingerprint density at radius 2 is 2.18 bits per heavy atom. The van der Waals surface area contributed by atoms with Gasteiger partial charge in [0.25, 0.3) is 0 Å². The number of aliphatic hydroxyl groups is 1.